The Kier molecular flexibility index (Phi) is 8.11. The summed E-state index contributed by atoms with van der Waals surface area (Å²) in [5.41, 5.74) is 3.65. The number of aliphatic carboxylic acids is 1. The Hall–Kier alpha value is -3.60. The van der Waals surface area contributed by atoms with Gasteiger partial charge >= 0.3 is 11.9 Å². The molecule has 0 aliphatic carbocycles. The number of ether oxygens (including phenoxy) is 1. The molecule has 0 bridgehead atoms. The van der Waals surface area contributed by atoms with Crippen LogP contribution in [0.15, 0.2) is 71.8 Å². The highest BCUT2D eigenvalue weighted by Gasteiger charge is 2.37. The molecule has 3 rings (SSSR count). The molecular weight excluding hydrogens is 428 g/mol. The highest BCUT2D eigenvalue weighted by Crippen LogP contribution is 2.42. The van der Waals surface area contributed by atoms with Gasteiger partial charge < -0.3 is 14.9 Å². The maximum absolute atomic E-state index is 12.1. The van der Waals surface area contributed by atoms with E-state index in [1.165, 1.54) is 11.6 Å². The normalized spacial score (nSPS) is 19.5. The molecule has 1 aliphatic heterocycles. The lowest BCUT2D eigenvalue weighted by Gasteiger charge is -2.35. The van der Waals surface area contributed by atoms with E-state index in [0.717, 1.165) is 17.5 Å². The van der Waals surface area contributed by atoms with E-state index in [1.807, 2.05) is 37.3 Å². The van der Waals surface area contributed by atoms with Crippen LogP contribution in [0.25, 0.3) is 12.2 Å². The third-order valence-corrected chi connectivity index (χ3v) is 5.97. The van der Waals surface area contributed by atoms with E-state index in [0.29, 0.717) is 23.5 Å². The number of carbonyl (C=O) groups excluding carboxylic acids is 1. The van der Waals surface area contributed by atoms with Crippen LogP contribution < -0.4 is 0 Å². The predicted molar refractivity (Wildman–Crippen MR) is 134 cm³/mol. The summed E-state index contributed by atoms with van der Waals surface area (Å²) >= 11 is 0. The standard InChI is InChI=1S/C29H32O5/c1-20(2)16-22-6-4-21(5-7-22)8-11-24(17-23-9-12-25(30)13-10-23)26(18-27(31)32)29(3)14-15-34-28(33)19-29/h4-13,17-18,20,30H,14-16,19H2,1-3H3,(H,31,32). The van der Waals surface area contributed by atoms with Crippen molar-refractivity contribution in [3.05, 3.63) is 88.5 Å². The van der Waals surface area contributed by atoms with Crippen LogP contribution in [0.1, 0.15) is 50.3 Å². The molecule has 5 nitrogen and oxygen atoms in total. The highest BCUT2D eigenvalue weighted by atomic mass is 16.5. The van der Waals surface area contributed by atoms with Crippen LogP contribution in [-0.4, -0.2) is 28.8 Å². The van der Waals surface area contributed by atoms with Crippen LogP contribution in [0.3, 0.4) is 0 Å². The molecule has 1 fully saturated rings. The number of benzene rings is 2. The second-order valence-electron chi connectivity index (χ2n) is 9.47. The van der Waals surface area contributed by atoms with Crippen LogP contribution in [0.4, 0.5) is 0 Å². The van der Waals surface area contributed by atoms with Crippen LogP contribution in [0.2, 0.25) is 0 Å². The molecule has 34 heavy (non-hydrogen) atoms. The summed E-state index contributed by atoms with van der Waals surface area (Å²) in [5.74, 6) is -0.677. The zero-order chi connectivity index (χ0) is 24.7. The first-order valence-electron chi connectivity index (χ1n) is 11.5. The van der Waals surface area contributed by atoms with E-state index < -0.39 is 11.4 Å². The molecule has 0 aromatic heterocycles. The Balaban J connectivity index is 2.04. The van der Waals surface area contributed by atoms with Crippen molar-refractivity contribution in [2.75, 3.05) is 6.61 Å². The summed E-state index contributed by atoms with van der Waals surface area (Å²) in [7, 11) is 0. The molecule has 1 atom stereocenters. The number of hydrogen-bond acceptors (Lipinski definition) is 4. The van der Waals surface area contributed by atoms with Crippen molar-refractivity contribution in [1.29, 1.82) is 0 Å². The number of phenols is 1. The Morgan fingerprint density at radius 1 is 1.09 bits per heavy atom. The van der Waals surface area contributed by atoms with Gasteiger partial charge in [-0.15, -0.1) is 0 Å². The third-order valence-electron chi connectivity index (χ3n) is 5.97. The van der Waals surface area contributed by atoms with Gasteiger partial charge in [0.25, 0.3) is 0 Å². The fraction of sp³-hybridized carbons (Fsp3) is 0.310. The number of allylic oxidation sites excluding steroid dienone is 3. The van der Waals surface area contributed by atoms with E-state index in [-0.39, 0.29) is 24.7 Å². The van der Waals surface area contributed by atoms with Gasteiger partial charge in [0.2, 0.25) is 0 Å². The first-order chi connectivity index (χ1) is 16.1. The lowest BCUT2D eigenvalue weighted by molar-refractivity contribution is -0.151. The third kappa shape index (κ3) is 6.95. The molecule has 1 saturated heterocycles. The largest absolute Gasteiger partial charge is 0.508 e. The number of aromatic hydroxyl groups is 1. The molecule has 2 aromatic carbocycles. The van der Waals surface area contributed by atoms with Crippen LogP contribution in [0.5, 0.6) is 5.75 Å². The number of phenolic OH excluding ortho intramolecular Hbond substituents is 1. The number of carbonyl (C=O) groups is 2. The number of hydrogen-bond donors (Lipinski definition) is 2. The number of cyclic esters (lactones) is 1. The zero-order valence-corrected chi connectivity index (χ0v) is 20.0. The average Bonchev–Trinajstić information content (AvgIpc) is 2.77. The van der Waals surface area contributed by atoms with Gasteiger partial charge in [-0.05, 0) is 64.8 Å². The molecule has 5 heteroatoms. The maximum atomic E-state index is 12.1. The molecule has 1 unspecified atom stereocenters. The molecule has 0 amide bonds. The van der Waals surface area contributed by atoms with Gasteiger partial charge in [-0.25, -0.2) is 4.79 Å². The second-order valence-corrected chi connectivity index (χ2v) is 9.47. The van der Waals surface area contributed by atoms with Crippen LogP contribution >= 0.6 is 0 Å². The topological polar surface area (TPSA) is 83.8 Å². The molecule has 0 saturated carbocycles. The average molecular weight is 461 g/mol. The van der Waals surface area contributed by atoms with Crippen molar-refractivity contribution in [2.24, 2.45) is 11.3 Å². The van der Waals surface area contributed by atoms with Gasteiger partial charge in [0.1, 0.15) is 5.75 Å². The van der Waals surface area contributed by atoms with Gasteiger partial charge in [0.05, 0.1) is 13.0 Å². The molecular formula is C29H32O5. The van der Waals surface area contributed by atoms with Gasteiger partial charge in [-0.1, -0.05) is 69.3 Å². The van der Waals surface area contributed by atoms with Crippen molar-refractivity contribution in [1.82, 2.24) is 0 Å². The summed E-state index contributed by atoms with van der Waals surface area (Å²) in [6.07, 6.45) is 8.56. The maximum Gasteiger partial charge on any atom is 0.328 e. The van der Waals surface area contributed by atoms with Crippen molar-refractivity contribution < 1.29 is 24.5 Å². The minimum atomic E-state index is -1.07. The molecule has 1 heterocycles. The molecule has 2 aromatic rings. The lowest BCUT2D eigenvalue weighted by Crippen LogP contribution is -2.32. The van der Waals surface area contributed by atoms with Gasteiger partial charge in [-0.2, -0.15) is 0 Å². The fourth-order valence-corrected chi connectivity index (χ4v) is 4.20. The molecule has 178 valence electrons. The van der Waals surface area contributed by atoms with Crippen molar-refractivity contribution >= 4 is 24.1 Å². The summed E-state index contributed by atoms with van der Waals surface area (Å²) < 4.78 is 5.13. The quantitative estimate of drug-likeness (QED) is 0.285. The van der Waals surface area contributed by atoms with E-state index in [4.69, 9.17) is 4.74 Å². The lowest BCUT2D eigenvalue weighted by atomic mass is 9.72. The Labute approximate surface area is 201 Å². The van der Waals surface area contributed by atoms with Crippen molar-refractivity contribution in [3.8, 4) is 5.75 Å². The summed E-state index contributed by atoms with van der Waals surface area (Å²) in [5, 5.41) is 19.3. The monoisotopic (exact) mass is 460 g/mol. The smallest absolute Gasteiger partial charge is 0.328 e. The summed E-state index contributed by atoms with van der Waals surface area (Å²) in [6.45, 7) is 6.53. The number of carboxylic acid groups (broad SMARTS) is 1. The van der Waals surface area contributed by atoms with E-state index in [9.17, 15) is 19.8 Å². The van der Waals surface area contributed by atoms with Crippen LogP contribution in [-0.2, 0) is 20.7 Å². The Morgan fingerprint density at radius 3 is 2.32 bits per heavy atom. The summed E-state index contributed by atoms with van der Waals surface area (Å²) in [6, 6.07) is 15.0. The molecule has 2 N–H and O–H groups in total. The number of esters is 1. The zero-order valence-electron chi connectivity index (χ0n) is 20.0. The van der Waals surface area contributed by atoms with E-state index in [1.54, 1.807) is 24.3 Å². The van der Waals surface area contributed by atoms with Crippen LogP contribution in [0, 0.1) is 11.3 Å². The first kappa shape index (κ1) is 25.0. The van der Waals surface area contributed by atoms with Gasteiger partial charge in [0, 0.05) is 11.5 Å². The molecule has 0 radical (unpaired) electrons. The van der Waals surface area contributed by atoms with Crippen molar-refractivity contribution in [3.63, 3.8) is 0 Å². The minimum Gasteiger partial charge on any atom is -0.508 e. The van der Waals surface area contributed by atoms with E-state index >= 15 is 0 Å². The SMILES string of the molecule is CC(C)Cc1ccc(C=CC(=Cc2ccc(O)cc2)C(=CC(=O)O)C2(C)CCOC(=O)C2)cc1. The fourth-order valence-electron chi connectivity index (χ4n) is 4.20. The molecule has 1 aliphatic rings. The first-order valence-corrected chi connectivity index (χ1v) is 11.5. The van der Waals surface area contributed by atoms with Gasteiger partial charge in [-0.3, -0.25) is 4.79 Å². The van der Waals surface area contributed by atoms with E-state index in [2.05, 4.69) is 26.0 Å². The predicted octanol–water partition coefficient (Wildman–Crippen LogP) is 6.04. The second kappa shape index (κ2) is 11.0. The minimum absolute atomic E-state index is 0.108. The highest BCUT2D eigenvalue weighted by molar-refractivity contribution is 5.85. The Morgan fingerprint density at radius 2 is 1.74 bits per heavy atom. The van der Waals surface area contributed by atoms with Gasteiger partial charge in [0.15, 0.2) is 0 Å². The number of rotatable bonds is 8. The van der Waals surface area contributed by atoms with Crippen molar-refractivity contribution in [2.45, 2.75) is 40.0 Å². The summed E-state index contributed by atoms with van der Waals surface area (Å²) in [4.78, 5) is 23.9. The molecule has 0 spiro atoms. The Bertz CT molecular complexity index is 1100. The number of carboxylic acids is 1.